The molecule has 4 rings (SSSR count). The standard InChI is InChI=1S/C18H9Cl2F3N4/c19-12-3-1-10(2-4-12)14-8-16-24-6-5-15(27(16)26-14)17-13(20)7-11(9-25-17)18(21,22)23/h1-9H. The summed E-state index contributed by atoms with van der Waals surface area (Å²) in [6.07, 6.45) is -2.25. The summed E-state index contributed by atoms with van der Waals surface area (Å²) >= 11 is 12.0. The highest BCUT2D eigenvalue weighted by Gasteiger charge is 2.31. The Labute approximate surface area is 161 Å². The molecular formula is C18H9Cl2F3N4. The molecule has 4 nitrogen and oxygen atoms in total. The highest BCUT2D eigenvalue weighted by Crippen LogP contribution is 2.34. The first kappa shape index (κ1) is 17.8. The van der Waals surface area contributed by atoms with Crippen molar-refractivity contribution >= 4 is 28.8 Å². The zero-order valence-electron chi connectivity index (χ0n) is 13.4. The van der Waals surface area contributed by atoms with Gasteiger partial charge in [0.15, 0.2) is 5.65 Å². The van der Waals surface area contributed by atoms with Crippen molar-refractivity contribution in [3.63, 3.8) is 0 Å². The van der Waals surface area contributed by atoms with E-state index in [4.69, 9.17) is 23.2 Å². The smallest absolute Gasteiger partial charge is 0.252 e. The molecule has 0 radical (unpaired) electrons. The molecule has 0 saturated carbocycles. The number of hydrogen-bond donors (Lipinski definition) is 0. The number of halogens is 5. The summed E-state index contributed by atoms with van der Waals surface area (Å²) < 4.78 is 40.0. The van der Waals surface area contributed by atoms with Crippen molar-refractivity contribution in [2.24, 2.45) is 0 Å². The maximum Gasteiger partial charge on any atom is 0.417 e. The van der Waals surface area contributed by atoms with E-state index in [1.807, 2.05) is 12.1 Å². The third-order valence-corrected chi connectivity index (χ3v) is 4.45. The Balaban J connectivity index is 1.84. The fourth-order valence-corrected chi connectivity index (χ4v) is 3.01. The lowest BCUT2D eigenvalue weighted by molar-refractivity contribution is -0.137. The van der Waals surface area contributed by atoms with Crippen LogP contribution in [0.5, 0.6) is 0 Å². The summed E-state index contributed by atoms with van der Waals surface area (Å²) in [6.45, 7) is 0. The van der Waals surface area contributed by atoms with Gasteiger partial charge in [-0.2, -0.15) is 18.3 Å². The third-order valence-electron chi connectivity index (χ3n) is 3.91. The monoisotopic (exact) mass is 408 g/mol. The van der Waals surface area contributed by atoms with Crippen LogP contribution in [0.4, 0.5) is 13.2 Å². The van der Waals surface area contributed by atoms with E-state index in [1.54, 1.807) is 24.3 Å². The topological polar surface area (TPSA) is 43.1 Å². The van der Waals surface area contributed by atoms with E-state index in [0.29, 0.717) is 22.1 Å². The van der Waals surface area contributed by atoms with Crippen LogP contribution < -0.4 is 0 Å². The van der Waals surface area contributed by atoms with Crippen LogP contribution in [0.15, 0.2) is 54.9 Å². The highest BCUT2D eigenvalue weighted by molar-refractivity contribution is 6.33. The molecule has 0 atom stereocenters. The second kappa shape index (κ2) is 6.51. The van der Waals surface area contributed by atoms with Crippen molar-refractivity contribution in [2.45, 2.75) is 6.18 Å². The number of fused-ring (bicyclic) bond motifs is 1. The Kier molecular flexibility index (Phi) is 4.28. The lowest BCUT2D eigenvalue weighted by Crippen LogP contribution is -2.06. The minimum atomic E-state index is -4.52. The first-order chi connectivity index (χ1) is 12.8. The lowest BCUT2D eigenvalue weighted by Gasteiger charge is -2.10. The van der Waals surface area contributed by atoms with Crippen molar-refractivity contribution < 1.29 is 13.2 Å². The quantitative estimate of drug-likeness (QED) is 0.421. The first-order valence-electron chi connectivity index (χ1n) is 7.67. The van der Waals surface area contributed by atoms with E-state index in [1.165, 1.54) is 10.7 Å². The van der Waals surface area contributed by atoms with Gasteiger partial charge in [-0.25, -0.2) is 9.50 Å². The molecule has 0 saturated heterocycles. The molecule has 0 spiro atoms. The molecule has 3 heterocycles. The van der Waals surface area contributed by atoms with Gasteiger partial charge in [-0.05, 0) is 24.3 Å². The normalized spacial score (nSPS) is 11.9. The van der Waals surface area contributed by atoms with E-state index in [2.05, 4.69) is 15.1 Å². The van der Waals surface area contributed by atoms with Crippen molar-refractivity contribution in [1.82, 2.24) is 19.6 Å². The second-order valence-electron chi connectivity index (χ2n) is 5.69. The minimum absolute atomic E-state index is 0.124. The lowest BCUT2D eigenvalue weighted by atomic mass is 10.2. The molecular weight excluding hydrogens is 400 g/mol. The molecule has 0 unspecified atom stereocenters. The molecule has 0 aliphatic heterocycles. The van der Waals surface area contributed by atoms with Crippen LogP contribution in [0.1, 0.15) is 5.56 Å². The van der Waals surface area contributed by atoms with Gasteiger partial charge in [0.25, 0.3) is 0 Å². The summed E-state index contributed by atoms with van der Waals surface area (Å²) in [5.74, 6) is 0. The van der Waals surface area contributed by atoms with Gasteiger partial charge in [-0.1, -0.05) is 35.3 Å². The number of alkyl halides is 3. The summed E-state index contributed by atoms with van der Waals surface area (Å²) in [7, 11) is 0. The first-order valence-corrected chi connectivity index (χ1v) is 8.42. The third kappa shape index (κ3) is 3.36. The Morgan fingerprint density at radius 3 is 2.33 bits per heavy atom. The van der Waals surface area contributed by atoms with Crippen LogP contribution in [-0.4, -0.2) is 19.6 Å². The van der Waals surface area contributed by atoms with Gasteiger partial charge >= 0.3 is 6.18 Å². The number of pyridine rings is 1. The predicted octanol–water partition coefficient (Wildman–Crippen LogP) is 5.78. The van der Waals surface area contributed by atoms with E-state index < -0.39 is 11.7 Å². The van der Waals surface area contributed by atoms with Crippen LogP contribution in [0.2, 0.25) is 10.0 Å². The van der Waals surface area contributed by atoms with Crippen LogP contribution >= 0.6 is 23.2 Å². The van der Waals surface area contributed by atoms with E-state index in [9.17, 15) is 13.2 Å². The van der Waals surface area contributed by atoms with Crippen LogP contribution in [0, 0.1) is 0 Å². The van der Waals surface area contributed by atoms with Gasteiger partial charge in [0, 0.05) is 29.0 Å². The molecule has 9 heteroatoms. The van der Waals surface area contributed by atoms with Crippen LogP contribution in [0.3, 0.4) is 0 Å². The van der Waals surface area contributed by atoms with Gasteiger partial charge in [0.2, 0.25) is 0 Å². The molecule has 0 N–H and O–H groups in total. The predicted molar refractivity (Wildman–Crippen MR) is 96.7 cm³/mol. The Bertz CT molecular complexity index is 1140. The van der Waals surface area contributed by atoms with E-state index in [-0.39, 0.29) is 10.7 Å². The molecule has 0 aliphatic rings. The fourth-order valence-electron chi connectivity index (χ4n) is 2.62. The molecule has 1 aromatic carbocycles. The molecule has 27 heavy (non-hydrogen) atoms. The Morgan fingerprint density at radius 1 is 0.926 bits per heavy atom. The van der Waals surface area contributed by atoms with E-state index in [0.717, 1.165) is 17.8 Å². The molecule has 0 fully saturated rings. The summed E-state index contributed by atoms with van der Waals surface area (Å²) in [5.41, 5.74) is 1.66. The molecule has 0 amide bonds. The van der Waals surface area contributed by atoms with Gasteiger partial charge in [-0.15, -0.1) is 0 Å². The average molecular weight is 409 g/mol. The Morgan fingerprint density at radius 2 is 1.67 bits per heavy atom. The van der Waals surface area contributed by atoms with Gasteiger partial charge in [-0.3, -0.25) is 4.98 Å². The molecule has 0 bridgehead atoms. The van der Waals surface area contributed by atoms with Crippen LogP contribution in [0.25, 0.3) is 28.3 Å². The zero-order valence-corrected chi connectivity index (χ0v) is 14.9. The number of hydrogen-bond acceptors (Lipinski definition) is 3. The Hall–Kier alpha value is -2.64. The number of aromatic nitrogens is 4. The molecule has 4 aromatic rings. The molecule has 3 aromatic heterocycles. The maximum atomic E-state index is 12.8. The second-order valence-corrected chi connectivity index (χ2v) is 6.53. The highest BCUT2D eigenvalue weighted by atomic mass is 35.5. The maximum absolute atomic E-state index is 12.8. The van der Waals surface area contributed by atoms with E-state index >= 15 is 0 Å². The minimum Gasteiger partial charge on any atom is -0.252 e. The van der Waals surface area contributed by atoms with Gasteiger partial charge in [0.05, 0.1) is 22.0 Å². The largest absolute Gasteiger partial charge is 0.417 e. The number of nitrogens with zero attached hydrogens (tertiary/aromatic N) is 4. The SMILES string of the molecule is FC(F)(F)c1cnc(-c2ccnc3cc(-c4ccc(Cl)cc4)nn23)c(Cl)c1. The number of rotatable bonds is 2. The zero-order chi connectivity index (χ0) is 19.2. The van der Waals surface area contributed by atoms with Crippen molar-refractivity contribution in [2.75, 3.05) is 0 Å². The summed E-state index contributed by atoms with van der Waals surface area (Å²) in [5, 5.41) is 4.97. The van der Waals surface area contributed by atoms with Gasteiger partial charge in [0.1, 0.15) is 5.69 Å². The van der Waals surface area contributed by atoms with Crippen molar-refractivity contribution in [3.05, 3.63) is 70.5 Å². The fraction of sp³-hybridized carbons (Fsp3) is 0.0556. The molecule has 0 aliphatic carbocycles. The number of benzene rings is 1. The average Bonchev–Trinajstić information content (AvgIpc) is 3.06. The van der Waals surface area contributed by atoms with Crippen LogP contribution in [-0.2, 0) is 6.18 Å². The van der Waals surface area contributed by atoms with Gasteiger partial charge < -0.3 is 0 Å². The summed E-state index contributed by atoms with van der Waals surface area (Å²) in [6, 6.07) is 11.3. The summed E-state index contributed by atoms with van der Waals surface area (Å²) in [4.78, 5) is 8.14. The van der Waals surface area contributed by atoms with Crippen molar-refractivity contribution in [1.29, 1.82) is 0 Å². The van der Waals surface area contributed by atoms with Crippen molar-refractivity contribution in [3.8, 4) is 22.6 Å². The molecule has 136 valence electrons.